The maximum Gasteiger partial charge on any atom is 0.0804 e. The Balaban J connectivity index is 2.22. The molecular formula is C12H13N3. The van der Waals surface area contributed by atoms with Gasteiger partial charge in [0, 0.05) is 11.9 Å². The molecule has 3 nitrogen and oxygen atoms in total. The standard InChI is InChI=1S/C12H13N3/c1-9-2-4-10(5-3-9)15-12-8-14-7-6-11(12)13/h2-8,15H,1H3,(H2,13,14). The number of aromatic nitrogens is 1. The van der Waals surface area contributed by atoms with E-state index in [9.17, 15) is 0 Å². The van der Waals surface area contributed by atoms with Crippen molar-refractivity contribution in [2.75, 3.05) is 11.1 Å². The molecule has 0 atom stereocenters. The fraction of sp³-hybridized carbons (Fsp3) is 0.0833. The molecule has 0 aliphatic carbocycles. The van der Waals surface area contributed by atoms with Gasteiger partial charge in [0.2, 0.25) is 0 Å². The number of benzene rings is 1. The average molecular weight is 199 g/mol. The first kappa shape index (κ1) is 9.52. The van der Waals surface area contributed by atoms with E-state index in [1.807, 2.05) is 12.1 Å². The van der Waals surface area contributed by atoms with E-state index >= 15 is 0 Å². The Bertz CT molecular complexity index is 449. The summed E-state index contributed by atoms with van der Waals surface area (Å²) in [5.41, 5.74) is 9.58. The van der Waals surface area contributed by atoms with E-state index < -0.39 is 0 Å². The van der Waals surface area contributed by atoms with E-state index in [4.69, 9.17) is 5.73 Å². The van der Waals surface area contributed by atoms with Gasteiger partial charge in [-0.1, -0.05) is 17.7 Å². The molecule has 3 N–H and O–H groups in total. The number of aryl methyl sites for hydroxylation is 1. The number of nitrogens with zero attached hydrogens (tertiary/aromatic N) is 1. The first-order chi connectivity index (χ1) is 7.25. The summed E-state index contributed by atoms with van der Waals surface area (Å²) in [6, 6.07) is 9.91. The van der Waals surface area contributed by atoms with Crippen LogP contribution >= 0.6 is 0 Å². The molecule has 0 fully saturated rings. The Hall–Kier alpha value is -2.03. The highest BCUT2D eigenvalue weighted by molar-refractivity contribution is 5.71. The van der Waals surface area contributed by atoms with Gasteiger partial charge in [0.15, 0.2) is 0 Å². The van der Waals surface area contributed by atoms with Gasteiger partial charge in [-0.15, -0.1) is 0 Å². The van der Waals surface area contributed by atoms with Gasteiger partial charge in [-0.25, -0.2) is 0 Å². The van der Waals surface area contributed by atoms with E-state index in [1.165, 1.54) is 5.56 Å². The molecular weight excluding hydrogens is 186 g/mol. The zero-order valence-corrected chi connectivity index (χ0v) is 8.57. The summed E-state index contributed by atoms with van der Waals surface area (Å²) in [5, 5.41) is 3.21. The smallest absolute Gasteiger partial charge is 0.0804 e. The van der Waals surface area contributed by atoms with Crippen molar-refractivity contribution in [1.82, 2.24) is 4.98 Å². The Kier molecular flexibility index (Phi) is 2.54. The molecule has 0 spiro atoms. The summed E-state index contributed by atoms with van der Waals surface area (Å²) in [6.07, 6.45) is 3.39. The lowest BCUT2D eigenvalue weighted by atomic mass is 10.2. The Morgan fingerprint density at radius 1 is 1.13 bits per heavy atom. The van der Waals surface area contributed by atoms with Gasteiger partial charge in [0.25, 0.3) is 0 Å². The summed E-state index contributed by atoms with van der Waals surface area (Å²) in [7, 11) is 0. The molecule has 0 radical (unpaired) electrons. The second-order valence-corrected chi connectivity index (χ2v) is 3.45. The zero-order valence-electron chi connectivity index (χ0n) is 8.57. The Morgan fingerprint density at radius 2 is 1.87 bits per heavy atom. The largest absolute Gasteiger partial charge is 0.397 e. The minimum atomic E-state index is 0.700. The minimum Gasteiger partial charge on any atom is -0.397 e. The van der Waals surface area contributed by atoms with Crippen molar-refractivity contribution in [2.24, 2.45) is 0 Å². The van der Waals surface area contributed by atoms with Crippen LogP contribution in [0.2, 0.25) is 0 Å². The molecule has 0 bridgehead atoms. The summed E-state index contributed by atoms with van der Waals surface area (Å²) in [4.78, 5) is 4.02. The molecule has 0 aliphatic rings. The van der Waals surface area contributed by atoms with E-state index in [0.717, 1.165) is 11.4 Å². The number of pyridine rings is 1. The maximum atomic E-state index is 5.80. The molecule has 1 aromatic carbocycles. The molecule has 15 heavy (non-hydrogen) atoms. The molecule has 0 unspecified atom stereocenters. The molecule has 0 saturated heterocycles. The van der Waals surface area contributed by atoms with Crippen LogP contribution in [-0.4, -0.2) is 4.98 Å². The first-order valence-electron chi connectivity index (χ1n) is 4.79. The van der Waals surface area contributed by atoms with Gasteiger partial charge in [-0.2, -0.15) is 0 Å². The van der Waals surface area contributed by atoms with Crippen LogP contribution in [0.1, 0.15) is 5.56 Å². The summed E-state index contributed by atoms with van der Waals surface area (Å²) >= 11 is 0. The molecule has 76 valence electrons. The highest BCUT2D eigenvalue weighted by Gasteiger charge is 1.98. The van der Waals surface area contributed by atoms with E-state index in [2.05, 4.69) is 29.4 Å². The lowest BCUT2D eigenvalue weighted by molar-refractivity contribution is 1.32. The molecule has 2 aromatic rings. The number of nitrogens with two attached hydrogens (primary N) is 1. The van der Waals surface area contributed by atoms with Crippen LogP contribution in [0.25, 0.3) is 0 Å². The van der Waals surface area contributed by atoms with Crippen molar-refractivity contribution in [3.05, 3.63) is 48.3 Å². The van der Waals surface area contributed by atoms with Crippen LogP contribution in [0.3, 0.4) is 0 Å². The van der Waals surface area contributed by atoms with Crippen molar-refractivity contribution < 1.29 is 0 Å². The monoisotopic (exact) mass is 199 g/mol. The quantitative estimate of drug-likeness (QED) is 0.781. The SMILES string of the molecule is Cc1ccc(Nc2cnccc2N)cc1. The fourth-order valence-corrected chi connectivity index (χ4v) is 1.30. The van der Waals surface area contributed by atoms with Crippen molar-refractivity contribution >= 4 is 17.1 Å². The normalized spacial score (nSPS) is 9.93. The molecule has 3 heteroatoms. The van der Waals surface area contributed by atoms with Crippen molar-refractivity contribution in [2.45, 2.75) is 6.92 Å². The molecule has 0 amide bonds. The van der Waals surface area contributed by atoms with E-state index in [1.54, 1.807) is 18.5 Å². The lowest BCUT2D eigenvalue weighted by Gasteiger charge is -2.08. The Morgan fingerprint density at radius 3 is 2.53 bits per heavy atom. The van der Waals surface area contributed by atoms with Gasteiger partial charge in [-0.05, 0) is 25.1 Å². The van der Waals surface area contributed by atoms with Crippen molar-refractivity contribution in [3.8, 4) is 0 Å². The number of nitrogen functional groups attached to an aromatic ring is 1. The van der Waals surface area contributed by atoms with Crippen LogP contribution in [0.4, 0.5) is 17.1 Å². The Labute approximate surface area is 89.0 Å². The summed E-state index contributed by atoms with van der Waals surface area (Å²) in [5.74, 6) is 0. The van der Waals surface area contributed by atoms with Gasteiger partial charge < -0.3 is 11.1 Å². The second-order valence-electron chi connectivity index (χ2n) is 3.45. The summed E-state index contributed by atoms with van der Waals surface area (Å²) < 4.78 is 0. The lowest BCUT2D eigenvalue weighted by Crippen LogP contribution is -1.96. The highest BCUT2D eigenvalue weighted by Crippen LogP contribution is 2.21. The molecule has 2 rings (SSSR count). The van der Waals surface area contributed by atoms with Crippen LogP contribution in [0.15, 0.2) is 42.7 Å². The van der Waals surface area contributed by atoms with Gasteiger partial charge in [0.1, 0.15) is 0 Å². The molecule has 1 heterocycles. The molecule has 1 aromatic heterocycles. The number of rotatable bonds is 2. The predicted molar refractivity (Wildman–Crippen MR) is 63.1 cm³/mol. The van der Waals surface area contributed by atoms with Crippen molar-refractivity contribution in [1.29, 1.82) is 0 Å². The van der Waals surface area contributed by atoms with Crippen molar-refractivity contribution in [3.63, 3.8) is 0 Å². The second kappa shape index (κ2) is 4.00. The first-order valence-corrected chi connectivity index (χ1v) is 4.79. The average Bonchev–Trinajstić information content (AvgIpc) is 2.25. The number of hydrogen-bond donors (Lipinski definition) is 2. The van der Waals surface area contributed by atoms with E-state index in [0.29, 0.717) is 5.69 Å². The fourth-order valence-electron chi connectivity index (χ4n) is 1.30. The third-order valence-electron chi connectivity index (χ3n) is 2.19. The van der Waals surface area contributed by atoms with Gasteiger partial charge in [-0.3, -0.25) is 4.98 Å². The highest BCUT2D eigenvalue weighted by atomic mass is 14.9. The molecule has 0 saturated carbocycles. The molecule has 0 aliphatic heterocycles. The number of hydrogen-bond acceptors (Lipinski definition) is 3. The van der Waals surface area contributed by atoms with Crippen LogP contribution in [0, 0.1) is 6.92 Å². The van der Waals surface area contributed by atoms with E-state index in [-0.39, 0.29) is 0 Å². The zero-order chi connectivity index (χ0) is 10.7. The van der Waals surface area contributed by atoms with Gasteiger partial charge >= 0.3 is 0 Å². The topological polar surface area (TPSA) is 50.9 Å². The maximum absolute atomic E-state index is 5.80. The third kappa shape index (κ3) is 2.26. The van der Waals surface area contributed by atoms with Crippen LogP contribution < -0.4 is 11.1 Å². The number of nitrogens with one attached hydrogen (secondary N) is 1. The predicted octanol–water partition coefficient (Wildman–Crippen LogP) is 2.72. The van der Waals surface area contributed by atoms with Gasteiger partial charge in [0.05, 0.1) is 17.6 Å². The summed E-state index contributed by atoms with van der Waals surface area (Å²) in [6.45, 7) is 2.06. The minimum absolute atomic E-state index is 0.700. The van der Waals surface area contributed by atoms with Crippen LogP contribution in [0.5, 0.6) is 0 Å². The number of anilines is 3. The van der Waals surface area contributed by atoms with Crippen LogP contribution in [-0.2, 0) is 0 Å². The third-order valence-corrected chi connectivity index (χ3v) is 2.19.